The van der Waals surface area contributed by atoms with Crippen LogP contribution in [0.25, 0.3) is 0 Å². The number of methoxy groups -OCH3 is 2. The van der Waals surface area contributed by atoms with Gasteiger partial charge in [-0.05, 0) is 49.7 Å². The molecule has 0 radical (unpaired) electrons. The number of hydrogen-bond donors (Lipinski definition) is 1. The average molecular weight is 342 g/mol. The molecule has 0 saturated heterocycles. The minimum Gasteiger partial charge on any atom is -0.465 e. The number of nitrogens with one attached hydrogen (secondary N) is 1. The number of nitrogens with zero attached hydrogens (tertiary/aromatic N) is 1. The van der Waals surface area contributed by atoms with E-state index in [1.54, 1.807) is 13.0 Å². The Hall–Kier alpha value is -3.22. The van der Waals surface area contributed by atoms with Gasteiger partial charge in [0.2, 0.25) is 0 Å². The first-order valence-electron chi connectivity index (χ1n) is 7.43. The van der Waals surface area contributed by atoms with Crippen LogP contribution in [0.5, 0.6) is 0 Å². The number of aromatic nitrogens is 1. The molecule has 7 nitrogen and oxygen atoms in total. The van der Waals surface area contributed by atoms with Crippen molar-refractivity contribution in [2.45, 2.75) is 13.8 Å². The van der Waals surface area contributed by atoms with E-state index in [9.17, 15) is 14.4 Å². The lowest BCUT2D eigenvalue weighted by Crippen LogP contribution is -2.18. The van der Waals surface area contributed by atoms with E-state index < -0.39 is 17.8 Å². The van der Waals surface area contributed by atoms with Gasteiger partial charge < -0.3 is 14.8 Å². The molecule has 0 unspecified atom stereocenters. The zero-order chi connectivity index (χ0) is 18.6. The first kappa shape index (κ1) is 18.1. The molecule has 0 aliphatic rings. The Bertz CT molecular complexity index is 825. The van der Waals surface area contributed by atoms with Gasteiger partial charge in [0.25, 0.3) is 5.91 Å². The molecule has 0 spiro atoms. The molecular formula is C18H18N2O5. The number of benzene rings is 1. The Balaban J connectivity index is 2.42. The summed E-state index contributed by atoms with van der Waals surface area (Å²) in [7, 11) is 2.47. The molecule has 0 bridgehead atoms. The molecule has 0 aliphatic carbocycles. The van der Waals surface area contributed by atoms with Gasteiger partial charge in [-0.1, -0.05) is 0 Å². The van der Waals surface area contributed by atoms with Crippen LogP contribution in [0, 0.1) is 13.8 Å². The predicted molar refractivity (Wildman–Crippen MR) is 90.8 cm³/mol. The third-order valence-corrected chi connectivity index (χ3v) is 3.42. The Morgan fingerprint density at radius 1 is 0.960 bits per heavy atom. The van der Waals surface area contributed by atoms with Crippen molar-refractivity contribution in [1.82, 2.24) is 4.98 Å². The van der Waals surface area contributed by atoms with E-state index in [0.717, 1.165) is 5.56 Å². The van der Waals surface area contributed by atoms with E-state index in [4.69, 9.17) is 4.74 Å². The molecule has 1 heterocycles. The highest BCUT2D eigenvalue weighted by Gasteiger charge is 2.18. The summed E-state index contributed by atoms with van der Waals surface area (Å²) in [5.41, 5.74) is 2.24. The predicted octanol–water partition coefficient (Wildman–Crippen LogP) is 2.52. The summed E-state index contributed by atoms with van der Waals surface area (Å²) in [4.78, 5) is 40.3. The van der Waals surface area contributed by atoms with Crippen LogP contribution in [0.1, 0.15) is 42.5 Å². The molecule has 2 aromatic rings. The monoisotopic (exact) mass is 342 g/mol. The normalized spacial score (nSPS) is 10.1. The summed E-state index contributed by atoms with van der Waals surface area (Å²) < 4.78 is 9.37. The van der Waals surface area contributed by atoms with Crippen molar-refractivity contribution in [1.29, 1.82) is 0 Å². The number of rotatable bonds is 4. The highest BCUT2D eigenvalue weighted by atomic mass is 16.5. The van der Waals surface area contributed by atoms with Crippen molar-refractivity contribution in [2.24, 2.45) is 0 Å². The number of carbonyl (C=O) groups excluding carboxylic acids is 3. The van der Waals surface area contributed by atoms with Crippen LogP contribution in [0.3, 0.4) is 0 Å². The maximum atomic E-state index is 12.5. The number of anilines is 1. The van der Waals surface area contributed by atoms with Gasteiger partial charge in [0, 0.05) is 5.69 Å². The molecule has 130 valence electrons. The number of carbonyl (C=O) groups is 3. The number of esters is 2. The number of amides is 1. The van der Waals surface area contributed by atoms with Crippen LogP contribution in [-0.2, 0) is 9.47 Å². The van der Waals surface area contributed by atoms with Crippen LogP contribution in [0.4, 0.5) is 5.69 Å². The largest absolute Gasteiger partial charge is 0.465 e. The minimum absolute atomic E-state index is 0.118. The van der Waals surface area contributed by atoms with Gasteiger partial charge in [0.15, 0.2) is 0 Å². The van der Waals surface area contributed by atoms with E-state index in [2.05, 4.69) is 15.0 Å². The van der Waals surface area contributed by atoms with Crippen LogP contribution in [0.2, 0.25) is 0 Å². The first-order valence-corrected chi connectivity index (χ1v) is 7.43. The van der Waals surface area contributed by atoms with Gasteiger partial charge >= 0.3 is 11.9 Å². The number of ether oxygens (including phenoxy) is 2. The maximum Gasteiger partial charge on any atom is 0.339 e. The van der Waals surface area contributed by atoms with E-state index in [1.165, 1.54) is 32.4 Å². The molecule has 25 heavy (non-hydrogen) atoms. The fraction of sp³-hybridized carbons (Fsp3) is 0.222. The third-order valence-electron chi connectivity index (χ3n) is 3.42. The second-order valence-electron chi connectivity index (χ2n) is 5.37. The third kappa shape index (κ3) is 4.20. The topological polar surface area (TPSA) is 94.6 Å². The summed E-state index contributed by atoms with van der Waals surface area (Å²) >= 11 is 0. The standard InChI is InChI=1S/C18H18N2O5/c1-10-7-11(2)19-15(8-10)16(21)20-14-9-12(17(22)24-3)5-6-13(14)18(23)25-4/h5-9H,1-4H3,(H,20,21). The SMILES string of the molecule is COC(=O)c1ccc(C(=O)OC)c(NC(=O)c2cc(C)cc(C)n2)c1. The second-order valence-corrected chi connectivity index (χ2v) is 5.37. The maximum absolute atomic E-state index is 12.5. The summed E-state index contributed by atoms with van der Waals surface area (Å²) in [6.45, 7) is 3.63. The molecule has 1 N–H and O–H groups in total. The molecular weight excluding hydrogens is 324 g/mol. The van der Waals surface area contributed by atoms with Crippen molar-refractivity contribution in [3.8, 4) is 0 Å². The summed E-state index contributed by atoms with van der Waals surface area (Å²) in [6, 6.07) is 7.64. The summed E-state index contributed by atoms with van der Waals surface area (Å²) in [5.74, 6) is -1.73. The van der Waals surface area contributed by atoms with Gasteiger partial charge in [0.1, 0.15) is 5.69 Å². The van der Waals surface area contributed by atoms with Crippen LogP contribution in [-0.4, -0.2) is 37.0 Å². The van der Waals surface area contributed by atoms with E-state index in [-0.39, 0.29) is 22.5 Å². The fourth-order valence-corrected chi connectivity index (χ4v) is 2.32. The number of pyridine rings is 1. The first-order chi connectivity index (χ1) is 11.8. The zero-order valence-electron chi connectivity index (χ0n) is 14.4. The lowest BCUT2D eigenvalue weighted by Gasteiger charge is -2.11. The van der Waals surface area contributed by atoms with Crippen LogP contribution < -0.4 is 5.32 Å². The second kappa shape index (κ2) is 7.57. The van der Waals surface area contributed by atoms with Crippen molar-refractivity contribution in [3.05, 3.63) is 58.4 Å². The molecule has 1 aromatic heterocycles. The van der Waals surface area contributed by atoms with Gasteiger partial charge in [0.05, 0.1) is 31.0 Å². The number of aryl methyl sites for hydroxylation is 2. The smallest absolute Gasteiger partial charge is 0.339 e. The fourth-order valence-electron chi connectivity index (χ4n) is 2.32. The van der Waals surface area contributed by atoms with E-state index >= 15 is 0 Å². The van der Waals surface area contributed by atoms with Crippen molar-refractivity contribution >= 4 is 23.5 Å². The van der Waals surface area contributed by atoms with Crippen molar-refractivity contribution in [2.75, 3.05) is 19.5 Å². The molecule has 7 heteroatoms. The number of hydrogen-bond acceptors (Lipinski definition) is 6. The Morgan fingerprint density at radius 3 is 2.24 bits per heavy atom. The summed E-state index contributed by atoms with van der Waals surface area (Å²) in [6.07, 6.45) is 0. The molecule has 0 aliphatic heterocycles. The minimum atomic E-state index is -0.639. The van der Waals surface area contributed by atoms with Gasteiger partial charge in [-0.2, -0.15) is 0 Å². The highest BCUT2D eigenvalue weighted by molar-refractivity contribution is 6.08. The van der Waals surface area contributed by atoms with E-state index in [1.807, 2.05) is 13.0 Å². The van der Waals surface area contributed by atoms with Gasteiger partial charge in [-0.15, -0.1) is 0 Å². The Morgan fingerprint density at radius 2 is 1.64 bits per heavy atom. The average Bonchev–Trinajstić information content (AvgIpc) is 2.59. The van der Waals surface area contributed by atoms with Crippen LogP contribution >= 0.6 is 0 Å². The quantitative estimate of drug-likeness (QED) is 0.858. The van der Waals surface area contributed by atoms with Crippen LogP contribution in [0.15, 0.2) is 30.3 Å². The Kier molecular flexibility index (Phi) is 5.49. The Labute approximate surface area is 145 Å². The van der Waals surface area contributed by atoms with E-state index in [0.29, 0.717) is 5.69 Å². The lowest BCUT2D eigenvalue weighted by atomic mass is 10.1. The van der Waals surface area contributed by atoms with Gasteiger partial charge in [-0.25, -0.2) is 14.6 Å². The molecule has 1 amide bonds. The lowest BCUT2D eigenvalue weighted by molar-refractivity contribution is 0.0587. The molecule has 0 saturated carbocycles. The molecule has 0 atom stereocenters. The zero-order valence-corrected chi connectivity index (χ0v) is 14.4. The molecule has 0 fully saturated rings. The molecule has 1 aromatic carbocycles. The van der Waals surface area contributed by atoms with Crippen molar-refractivity contribution < 1.29 is 23.9 Å². The van der Waals surface area contributed by atoms with Crippen molar-refractivity contribution in [3.63, 3.8) is 0 Å². The highest BCUT2D eigenvalue weighted by Crippen LogP contribution is 2.20. The van der Waals surface area contributed by atoms with Gasteiger partial charge in [-0.3, -0.25) is 4.79 Å². The molecule has 2 rings (SSSR count). The summed E-state index contributed by atoms with van der Waals surface area (Å²) in [5, 5.41) is 2.61.